The first-order chi connectivity index (χ1) is 6.72. The number of rotatable bonds is 4. The molecule has 0 spiro atoms. The normalized spacial score (nSPS) is 22.8. The molecule has 2 atom stereocenters. The number of ether oxygens (including phenoxy) is 1. The molecule has 1 heterocycles. The molecule has 0 aromatic heterocycles. The van der Waals surface area contributed by atoms with E-state index in [-0.39, 0.29) is 6.04 Å². The van der Waals surface area contributed by atoms with Gasteiger partial charge in [-0.25, -0.2) is 0 Å². The minimum atomic E-state index is 0.208. The smallest absolute Gasteiger partial charge is 0.166 e. The minimum Gasteiger partial charge on any atom is -0.376 e. The monoisotopic (exact) mass is 214 g/mol. The van der Waals surface area contributed by atoms with Gasteiger partial charge in [-0.15, -0.1) is 6.58 Å². The van der Waals surface area contributed by atoms with Gasteiger partial charge in [0.15, 0.2) is 5.11 Å². The Balaban J connectivity index is 2.10. The van der Waals surface area contributed by atoms with Crippen molar-refractivity contribution in [1.29, 1.82) is 0 Å². The van der Waals surface area contributed by atoms with Crippen LogP contribution < -0.4 is 10.6 Å². The largest absolute Gasteiger partial charge is 0.376 e. The van der Waals surface area contributed by atoms with Gasteiger partial charge in [-0.1, -0.05) is 6.08 Å². The van der Waals surface area contributed by atoms with Crippen molar-refractivity contribution >= 4 is 17.3 Å². The summed E-state index contributed by atoms with van der Waals surface area (Å²) in [6, 6.07) is 0.208. The molecule has 0 bridgehead atoms. The highest BCUT2D eigenvalue weighted by Crippen LogP contribution is 2.10. The minimum absolute atomic E-state index is 0.208. The number of hydrogen-bond donors (Lipinski definition) is 2. The van der Waals surface area contributed by atoms with Crippen LogP contribution in [0.4, 0.5) is 0 Å². The van der Waals surface area contributed by atoms with Crippen molar-refractivity contribution in [2.75, 3.05) is 13.2 Å². The first kappa shape index (κ1) is 11.5. The SMILES string of the molecule is C=CC(C)NC(=S)NCC1CCCO1. The second-order valence-electron chi connectivity index (χ2n) is 3.51. The van der Waals surface area contributed by atoms with Crippen LogP contribution in [0.5, 0.6) is 0 Å². The van der Waals surface area contributed by atoms with E-state index in [0.717, 1.165) is 26.0 Å². The average Bonchev–Trinajstić information content (AvgIpc) is 2.67. The van der Waals surface area contributed by atoms with E-state index in [0.29, 0.717) is 11.2 Å². The lowest BCUT2D eigenvalue weighted by molar-refractivity contribution is 0.114. The lowest BCUT2D eigenvalue weighted by Gasteiger charge is -2.16. The van der Waals surface area contributed by atoms with E-state index in [1.165, 1.54) is 0 Å². The standard InChI is InChI=1S/C10H18N2OS/c1-3-8(2)12-10(14)11-7-9-5-4-6-13-9/h3,8-9H,1,4-7H2,2H3,(H2,11,12,14). The molecule has 3 nitrogen and oxygen atoms in total. The van der Waals surface area contributed by atoms with E-state index >= 15 is 0 Å². The Morgan fingerprint density at radius 3 is 3.14 bits per heavy atom. The van der Waals surface area contributed by atoms with Crippen molar-refractivity contribution in [3.8, 4) is 0 Å². The molecule has 0 radical (unpaired) electrons. The molecule has 2 unspecified atom stereocenters. The van der Waals surface area contributed by atoms with Gasteiger partial charge in [-0.05, 0) is 32.0 Å². The van der Waals surface area contributed by atoms with E-state index in [1.54, 1.807) is 0 Å². The highest BCUT2D eigenvalue weighted by molar-refractivity contribution is 7.80. The number of nitrogens with one attached hydrogen (secondary N) is 2. The molecule has 4 heteroatoms. The van der Waals surface area contributed by atoms with E-state index in [9.17, 15) is 0 Å². The second kappa shape index (κ2) is 5.98. The zero-order valence-electron chi connectivity index (χ0n) is 8.58. The predicted octanol–water partition coefficient (Wildman–Crippen LogP) is 1.20. The first-order valence-corrected chi connectivity index (χ1v) is 5.41. The quantitative estimate of drug-likeness (QED) is 0.544. The van der Waals surface area contributed by atoms with Gasteiger partial charge in [-0.3, -0.25) is 0 Å². The van der Waals surface area contributed by atoms with Crippen LogP contribution in [0.2, 0.25) is 0 Å². The molecule has 1 saturated heterocycles. The first-order valence-electron chi connectivity index (χ1n) is 5.01. The van der Waals surface area contributed by atoms with E-state index in [4.69, 9.17) is 17.0 Å². The van der Waals surface area contributed by atoms with Crippen molar-refractivity contribution in [3.05, 3.63) is 12.7 Å². The molecular weight excluding hydrogens is 196 g/mol. The van der Waals surface area contributed by atoms with Crippen molar-refractivity contribution in [2.24, 2.45) is 0 Å². The fraction of sp³-hybridized carbons (Fsp3) is 0.700. The van der Waals surface area contributed by atoms with Crippen LogP contribution in [0.25, 0.3) is 0 Å². The Bertz CT molecular complexity index is 202. The molecule has 0 saturated carbocycles. The second-order valence-corrected chi connectivity index (χ2v) is 3.92. The molecule has 2 N–H and O–H groups in total. The molecule has 14 heavy (non-hydrogen) atoms. The van der Waals surface area contributed by atoms with Gasteiger partial charge in [0.1, 0.15) is 0 Å². The van der Waals surface area contributed by atoms with Gasteiger partial charge in [0, 0.05) is 19.2 Å². The van der Waals surface area contributed by atoms with Crippen LogP contribution in [0.15, 0.2) is 12.7 Å². The molecule has 0 aromatic rings. The van der Waals surface area contributed by atoms with E-state index in [1.807, 2.05) is 13.0 Å². The molecule has 1 aliphatic rings. The summed E-state index contributed by atoms with van der Waals surface area (Å²) in [7, 11) is 0. The van der Waals surface area contributed by atoms with Crippen molar-refractivity contribution in [3.63, 3.8) is 0 Å². The summed E-state index contributed by atoms with van der Waals surface area (Å²) in [5.41, 5.74) is 0. The topological polar surface area (TPSA) is 33.3 Å². The van der Waals surface area contributed by atoms with Crippen LogP contribution in [-0.4, -0.2) is 30.4 Å². The highest BCUT2D eigenvalue weighted by Gasteiger charge is 2.15. The van der Waals surface area contributed by atoms with Gasteiger partial charge < -0.3 is 15.4 Å². The van der Waals surface area contributed by atoms with Gasteiger partial charge in [0.25, 0.3) is 0 Å². The van der Waals surface area contributed by atoms with Crippen LogP contribution in [-0.2, 0) is 4.74 Å². The van der Waals surface area contributed by atoms with Gasteiger partial charge in [0.05, 0.1) is 6.10 Å². The van der Waals surface area contributed by atoms with Gasteiger partial charge in [-0.2, -0.15) is 0 Å². The Morgan fingerprint density at radius 1 is 1.79 bits per heavy atom. The third-order valence-electron chi connectivity index (χ3n) is 2.23. The Morgan fingerprint density at radius 2 is 2.57 bits per heavy atom. The molecule has 1 rings (SSSR count). The van der Waals surface area contributed by atoms with Crippen LogP contribution in [0.1, 0.15) is 19.8 Å². The van der Waals surface area contributed by atoms with Gasteiger partial charge in [0.2, 0.25) is 0 Å². The molecule has 0 amide bonds. The number of hydrogen-bond acceptors (Lipinski definition) is 2. The lowest BCUT2D eigenvalue weighted by atomic mass is 10.2. The predicted molar refractivity (Wildman–Crippen MR) is 62.4 cm³/mol. The fourth-order valence-corrected chi connectivity index (χ4v) is 1.60. The molecule has 0 aromatic carbocycles. The van der Waals surface area contributed by atoms with Crippen molar-refractivity contribution in [1.82, 2.24) is 10.6 Å². The molecule has 0 aliphatic carbocycles. The fourth-order valence-electron chi connectivity index (χ4n) is 1.33. The van der Waals surface area contributed by atoms with Crippen LogP contribution >= 0.6 is 12.2 Å². The van der Waals surface area contributed by atoms with Crippen molar-refractivity contribution < 1.29 is 4.74 Å². The summed E-state index contributed by atoms with van der Waals surface area (Å²) >= 11 is 5.11. The maximum atomic E-state index is 5.46. The van der Waals surface area contributed by atoms with Gasteiger partial charge >= 0.3 is 0 Å². The Hall–Kier alpha value is -0.610. The summed E-state index contributed by atoms with van der Waals surface area (Å²) < 4.78 is 5.46. The maximum Gasteiger partial charge on any atom is 0.166 e. The van der Waals surface area contributed by atoms with E-state index in [2.05, 4.69) is 17.2 Å². The van der Waals surface area contributed by atoms with Crippen molar-refractivity contribution in [2.45, 2.75) is 31.9 Å². The highest BCUT2D eigenvalue weighted by atomic mass is 32.1. The summed E-state index contributed by atoms with van der Waals surface area (Å²) in [6.45, 7) is 7.37. The third-order valence-corrected chi connectivity index (χ3v) is 2.49. The molecule has 1 fully saturated rings. The van der Waals surface area contributed by atoms with Crippen LogP contribution in [0, 0.1) is 0 Å². The summed E-state index contributed by atoms with van der Waals surface area (Å²) in [5, 5.41) is 6.91. The Labute approximate surface area is 90.9 Å². The third kappa shape index (κ3) is 4.07. The molecule has 80 valence electrons. The molecular formula is C10H18N2OS. The lowest BCUT2D eigenvalue weighted by Crippen LogP contribution is -2.42. The van der Waals surface area contributed by atoms with Crippen LogP contribution in [0.3, 0.4) is 0 Å². The number of thiocarbonyl (C=S) groups is 1. The Kier molecular flexibility index (Phi) is 4.90. The summed E-state index contributed by atoms with van der Waals surface area (Å²) in [5.74, 6) is 0. The summed E-state index contributed by atoms with van der Waals surface area (Å²) in [6.07, 6.45) is 4.44. The maximum absolute atomic E-state index is 5.46. The zero-order chi connectivity index (χ0) is 10.4. The van der Waals surface area contributed by atoms with E-state index < -0.39 is 0 Å². The molecule has 1 aliphatic heterocycles. The summed E-state index contributed by atoms with van der Waals surface area (Å²) in [4.78, 5) is 0. The zero-order valence-corrected chi connectivity index (χ0v) is 9.40. The average molecular weight is 214 g/mol.